The summed E-state index contributed by atoms with van der Waals surface area (Å²) in [7, 11) is 3.88. The fourth-order valence-corrected chi connectivity index (χ4v) is 1.79. The molecular formula is C10H20N4O2. The van der Waals surface area contributed by atoms with Gasteiger partial charge in [-0.2, -0.15) is 0 Å². The van der Waals surface area contributed by atoms with E-state index in [2.05, 4.69) is 10.5 Å². The first kappa shape index (κ1) is 12.8. The van der Waals surface area contributed by atoms with Crippen molar-refractivity contribution < 1.29 is 10.0 Å². The highest BCUT2D eigenvalue weighted by molar-refractivity contribution is 6.07. The second kappa shape index (κ2) is 5.16. The summed E-state index contributed by atoms with van der Waals surface area (Å²) in [6, 6.07) is 0. The van der Waals surface area contributed by atoms with Crippen LogP contribution in [0.15, 0.2) is 5.16 Å². The number of nitrogens with zero attached hydrogens (tertiary/aromatic N) is 2. The number of carbonyl (C=O) groups is 1. The van der Waals surface area contributed by atoms with E-state index in [1.165, 1.54) is 0 Å². The van der Waals surface area contributed by atoms with Crippen LogP contribution in [0.5, 0.6) is 0 Å². The lowest BCUT2D eigenvalue weighted by atomic mass is 9.67. The second-order valence-electron chi connectivity index (χ2n) is 4.48. The highest BCUT2D eigenvalue weighted by atomic mass is 16.4. The predicted octanol–water partition coefficient (Wildman–Crippen LogP) is -0.419. The van der Waals surface area contributed by atoms with E-state index in [1.807, 2.05) is 19.0 Å². The fourth-order valence-electron chi connectivity index (χ4n) is 1.79. The SMILES string of the molecule is CN(C)CCNC(=O)C1(C(N)=NO)CCC1. The molecule has 1 amide bonds. The van der Waals surface area contributed by atoms with E-state index in [0.29, 0.717) is 19.4 Å². The van der Waals surface area contributed by atoms with Crippen molar-refractivity contribution in [2.75, 3.05) is 27.2 Å². The van der Waals surface area contributed by atoms with Crippen LogP contribution < -0.4 is 11.1 Å². The summed E-state index contributed by atoms with van der Waals surface area (Å²) >= 11 is 0. The quantitative estimate of drug-likeness (QED) is 0.258. The minimum absolute atomic E-state index is 0.0288. The Kier molecular flexibility index (Phi) is 4.12. The average Bonchev–Trinajstić information content (AvgIpc) is 2.15. The van der Waals surface area contributed by atoms with Gasteiger partial charge < -0.3 is 21.2 Å². The van der Waals surface area contributed by atoms with Crippen molar-refractivity contribution in [3.63, 3.8) is 0 Å². The molecule has 1 aliphatic carbocycles. The number of nitrogens with one attached hydrogen (secondary N) is 1. The van der Waals surface area contributed by atoms with Crippen molar-refractivity contribution in [1.82, 2.24) is 10.2 Å². The van der Waals surface area contributed by atoms with E-state index in [0.717, 1.165) is 13.0 Å². The van der Waals surface area contributed by atoms with Gasteiger partial charge in [0.05, 0.1) is 0 Å². The molecule has 0 aromatic heterocycles. The highest BCUT2D eigenvalue weighted by Gasteiger charge is 2.48. The molecule has 0 unspecified atom stereocenters. The van der Waals surface area contributed by atoms with Crippen LogP contribution in [0.25, 0.3) is 0 Å². The number of nitrogens with two attached hydrogens (primary N) is 1. The molecule has 0 aromatic carbocycles. The van der Waals surface area contributed by atoms with Crippen molar-refractivity contribution >= 4 is 11.7 Å². The van der Waals surface area contributed by atoms with Gasteiger partial charge in [-0.25, -0.2) is 0 Å². The normalized spacial score (nSPS) is 19.3. The van der Waals surface area contributed by atoms with E-state index in [1.54, 1.807) is 0 Å². The number of hydrogen-bond donors (Lipinski definition) is 3. The lowest BCUT2D eigenvalue weighted by molar-refractivity contribution is -0.131. The molecule has 1 aliphatic rings. The molecule has 6 nitrogen and oxygen atoms in total. The molecule has 6 heteroatoms. The molecule has 4 N–H and O–H groups in total. The van der Waals surface area contributed by atoms with Crippen molar-refractivity contribution in [2.24, 2.45) is 16.3 Å². The van der Waals surface area contributed by atoms with Gasteiger partial charge in [0.1, 0.15) is 5.41 Å². The van der Waals surface area contributed by atoms with Gasteiger partial charge in [-0.3, -0.25) is 4.79 Å². The van der Waals surface area contributed by atoms with Crippen molar-refractivity contribution in [2.45, 2.75) is 19.3 Å². The van der Waals surface area contributed by atoms with Crippen LogP contribution in [0.1, 0.15) is 19.3 Å². The Morgan fingerprint density at radius 2 is 2.19 bits per heavy atom. The van der Waals surface area contributed by atoms with E-state index in [9.17, 15) is 4.79 Å². The standard InChI is InChI=1S/C10H20N4O2/c1-14(2)7-6-12-9(15)10(4-3-5-10)8(11)13-16/h16H,3-7H2,1-2H3,(H2,11,13)(H,12,15). The van der Waals surface area contributed by atoms with Crippen molar-refractivity contribution in [3.8, 4) is 0 Å². The number of rotatable bonds is 5. The number of amides is 1. The van der Waals surface area contributed by atoms with E-state index in [-0.39, 0.29) is 11.7 Å². The van der Waals surface area contributed by atoms with Crippen LogP contribution >= 0.6 is 0 Å². The molecule has 0 radical (unpaired) electrons. The van der Waals surface area contributed by atoms with Crippen LogP contribution in [0.2, 0.25) is 0 Å². The summed E-state index contributed by atoms with van der Waals surface area (Å²) in [5, 5.41) is 14.5. The first-order valence-electron chi connectivity index (χ1n) is 5.44. The number of oxime groups is 1. The summed E-state index contributed by atoms with van der Waals surface area (Å²) in [5.41, 5.74) is 4.81. The number of carbonyl (C=O) groups excluding carboxylic acids is 1. The molecule has 0 bridgehead atoms. The largest absolute Gasteiger partial charge is 0.409 e. The summed E-state index contributed by atoms with van der Waals surface area (Å²) < 4.78 is 0. The Morgan fingerprint density at radius 3 is 2.56 bits per heavy atom. The molecule has 1 fully saturated rings. The molecule has 1 saturated carbocycles. The first-order valence-corrected chi connectivity index (χ1v) is 5.44. The van der Waals surface area contributed by atoms with E-state index in [4.69, 9.17) is 10.9 Å². The van der Waals surface area contributed by atoms with Gasteiger partial charge in [-0.05, 0) is 26.9 Å². The maximum absolute atomic E-state index is 11.9. The van der Waals surface area contributed by atoms with Crippen molar-refractivity contribution in [3.05, 3.63) is 0 Å². The lowest BCUT2D eigenvalue weighted by Crippen LogP contribution is -2.54. The van der Waals surface area contributed by atoms with Gasteiger partial charge in [-0.1, -0.05) is 11.6 Å². The molecule has 0 aromatic rings. The average molecular weight is 228 g/mol. The number of likely N-dealkylation sites (N-methyl/N-ethyl adjacent to an activating group) is 1. The first-order chi connectivity index (χ1) is 7.53. The zero-order valence-electron chi connectivity index (χ0n) is 9.86. The lowest BCUT2D eigenvalue weighted by Gasteiger charge is -2.38. The summed E-state index contributed by atoms with van der Waals surface area (Å²) in [6.45, 7) is 1.35. The smallest absolute Gasteiger partial charge is 0.233 e. The monoisotopic (exact) mass is 228 g/mol. The molecular weight excluding hydrogens is 208 g/mol. The molecule has 0 spiro atoms. The van der Waals surface area contributed by atoms with Gasteiger partial charge >= 0.3 is 0 Å². The molecule has 0 atom stereocenters. The molecule has 0 aliphatic heterocycles. The third-order valence-electron chi connectivity index (χ3n) is 3.08. The Balaban J connectivity index is 2.51. The Morgan fingerprint density at radius 1 is 1.56 bits per heavy atom. The zero-order chi connectivity index (χ0) is 12.2. The summed E-state index contributed by atoms with van der Waals surface area (Å²) in [5.74, 6) is -0.1000. The van der Waals surface area contributed by atoms with Crippen LogP contribution in [-0.4, -0.2) is 49.0 Å². The zero-order valence-corrected chi connectivity index (χ0v) is 9.86. The number of hydrogen-bond acceptors (Lipinski definition) is 4. The fraction of sp³-hybridized carbons (Fsp3) is 0.800. The van der Waals surface area contributed by atoms with Crippen LogP contribution in [0.4, 0.5) is 0 Å². The van der Waals surface area contributed by atoms with Crippen LogP contribution in [0, 0.1) is 5.41 Å². The topological polar surface area (TPSA) is 91.0 Å². The van der Waals surface area contributed by atoms with E-state index < -0.39 is 5.41 Å². The Labute approximate surface area is 95.5 Å². The minimum atomic E-state index is -0.763. The molecule has 16 heavy (non-hydrogen) atoms. The molecule has 1 rings (SSSR count). The molecule has 0 saturated heterocycles. The summed E-state index contributed by atoms with van der Waals surface area (Å²) in [4.78, 5) is 13.9. The van der Waals surface area contributed by atoms with Gasteiger partial charge in [0, 0.05) is 13.1 Å². The molecule has 92 valence electrons. The maximum atomic E-state index is 11.9. The van der Waals surface area contributed by atoms with Gasteiger partial charge in [0.25, 0.3) is 0 Å². The third kappa shape index (κ3) is 2.44. The Hall–Kier alpha value is -1.30. The maximum Gasteiger partial charge on any atom is 0.233 e. The van der Waals surface area contributed by atoms with Gasteiger partial charge in [-0.15, -0.1) is 0 Å². The minimum Gasteiger partial charge on any atom is -0.409 e. The Bertz CT molecular complexity index is 285. The third-order valence-corrected chi connectivity index (χ3v) is 3.08. The second-order valence-corrected chi connectivity index (χ2v) is 4.48. The predicted molar refractivity (Wildman–Crippen MR) is 61.3 cm³/mol. The summed E-state index contributed by atoms with van der Waals surface area (Å²) in [6.07, 6.45) is 2.27. The number of amidine groups is 1. The molecule has 0 heterocycles. The van der Waals surface area contributed by atoms with Crippen LogP contribution in [-0.2, 0) is 4.79 Å². The van der Waals surface area contributed by atoms with Crippen molar-refractivity contribution in [1.29, 1.82) is 0 Å². The van der Waals surface area contributed by atoms with Crippen LogP contribution in [0.3, 0.4) is 0 Å². The van der Waals surface area contributed by atoms with E-state index >= 15 is 0 Å². The van der Waals surface area contributed by atoms with Gasteiger partial charge in [0.2, 0.25) is 5.91 Å². The van der Waals surface area contributed by atoms with Gasteiger partial charge in [0.15, 0.2) is 5.84 Å². The highest BCUT2D eigenvalue weighted by Crippen LogP contribution is 2.41.